The topological polar surface area (TPSA) is 48.5 Å². The van der Waals surface area contributed by atoms with Crippen LogP contribution in [0.4, 0.5) is 0 Å². The van der Waals surface area contributed by atoms with Gasteiger partial charge in [0.15, 0.2) is 5.82 Å². The van der Waals surface area contributed by atoms with Gasteiger partial charge in [-0.25, -0.2) is 0 Å². The van der Waals surface area contributed by atoms with Crippen LogP contribution in [0.1, 0.15) is 48.9 Å². The summed E-state index contributed by atoms with van der Waals surface area (Å²) in [6.45, 7) is 7.09. The van der Waals surface area contributed by atoms with Crippen molar-refractivity contribution in [1.29, 1.82) is 0 Å². The monoisotopic (exact) mass is 933 g/mol. The van der Waals surface area contributed by atoms with Gasteiger partial charge in [0.25, 0.3) is 0 Å². The molecule has 0 fully saturated rings. The van der Waals surface area contributed by atoms with E-state index in [4.69, 9.17) is 15.0 Å². The molecule has 1 atom stereocenters. The highest BCUT2D eigenvalue weighted by Gasteiger charge is 2.38. The van der Waals surface area contributed by atoms with E-state index in [1.165, 1.54) is 55.6 Å². The van der Waals surface area contributed by atoms with E-state index in [1.807, 2.05) is 0 Å². The maximum atomic E-state index is 5.75. The minimum Gasteiger partial charge on any atom is -0.277 e. The summed E-state index contributed by atoms with van der Waals surface area (Å²) in [5.74, 6) is 1.91. The highest BCUT2D eigenvalue weighted by Crippen LogP contribution is 2.54. The zero-order chi connectivity index (χ0) is 48.5. The summed E-state index contributed by atoms with van der Waals surface area (Å²) in [6.07, 6.45) is 0. The quantitative estimate of drug-likeness (QED) is 0.167. The van der Waals surface area contributed by atoms with Crippen molar-refractivity contribution in [2.75, 3.05) is 0 Å². The normalized spacial score (nSPS) is 14.2. The fourth-order valence-corrected chi connectivity index (χ4v) is 12.9. The van der Waals surface area contributed by atoms with E-state index in [9.17, 15) is 0 Å². The number of hydrogen-bond acceptors (Lipinski definition) is 3. The molecule has 0 radical (unpaired) electrons. The highest BCUT2D eigenvalue weighted by atomic mass is 15.3. The Hall–Kier alpha value is -9.19. The minimum absolute atomic E-state index is 0.220. The number of rotatable bonds is 6. The van der Waals surface area contributed by atoms with Crippen LogP contribution in [0, 0.1) is 0 Å². The fraction of sp³-hybridized carbons (Fsp3) is 0.0735. The number of para-hydroxylation sites is 4. The molecule has 73 heavy (non-hydrogen) atoms. The Morgan fingerprint density at radius 3 is 1.51 bits per heavy atom. The van der Waals surface area contributed by atoms with Crippen molar-refractivity contribution in [3.63, 3.8) is 0 Å². The number of aromatic nitrogens is 5. The van der Waals surface area contributed by atoms with Crippen LogP contribution >= 0.6 is 0 Å². The summed E-state index contributed by atoms with van der Waals surface area (Å²) in [6, 6.07) is 81.5. The molecule has 10 aromatic carbocycles. The Labute approximate surface area is 423 Å². The van der Waals surface area contributed by atoms with Crippen molar-refractivity contribution in [3.8, 4) is 78.9 Å². The van der Waals surface area contributed by atoms with Crippen LogP contribution in [0.15, 0.2) is 224 Å². The van der Waals surface area contributed by atoms with Gasteiger partial charge in [-0.05, 0) is 85.0 Å². The predicted molar refractivity (Wildman–Crippen MR) is 301 cm³/mol. The van der Waals surface area contributed by atoms with Crippen molar-refractivity contribution in [3.05, 3.63) is 247 Å². The van der Waals surface area contributed by atoms with Crippen molar-refractivity contribution >= 4 is 43.6 Å². The van der Waals surface area contributed by atoms with Gasteiger partial charge in [-0.15, -0.1) is 0 Å². The molecule has 0 amide bonds. The largest absolute Gasteiger partial charge is 0.277 e. The van der Waals surface area contributed by atoms with E-state index in [1.54, 1.807) is 0 Å². The molecule has 344 valence electrons. The summed E-state index contributed by atoms with van der Waals surface area (Å²) < 4.78 is 4.61. The zero-order valence-electron chi connectivity index (χ0n) is 40.7. The third-order valence-corrected chi connectivity index (χ3v) is 16.0. The SMILES string of the molecule is CC1c2ccccc2-c2cccc(-c3cccc4c5ccccc5n(-c5nc(-c6cccc(-c7ccccc7)c6)nc(-n6c7ccccc7c7cccc(-c8cccc9c8C(C)(C)c8ccccc8-9)c76)n5)c34)c21. The molecule has 3 heterocycles. The smallest absolute Gasteiger partial charge is 0.240 e. The number of hydrogen-bond donors (Lipinski definition) is 0. The maximum absolute atomic E-state index is 5.75. The van der Waals surface area contributed by atoms with Crippen molar-refractivity contribution in [2.24, 2.45) is 0 Å². The molecule has 15 rings (SSSR count). The maximum Gasteiger partial charge on any atom is 0.240 e. The van der Waals surface area contributed by atoms with Crippen LogP contribution in [0.5, 0.6) is 0 Å². The van der Waals surface area contributed by atoms with E-state index in [-0.39, 0.29) is 11.3 Å². The third kappa shape index (κ3) is 6.00. The standard InChI is InChI=1S/C68H47N5/c1-41-45-24-7-8-25-46(45)50-29-16-30-51(61(41)50)56-35-18-33-54-48-27-10-13-38-59(48)72(63(54)56)66-69-65(44-23-15-22-43(40-44)42-20-5-4-6-21-42)70-67(71-66)73-60-39-14-11-28-49(60)55-34-19-36-57(64(55)73)53-32-17-31-52-47-26-9-12-37-58(47)68(2,3)62(52)53/h4-41H,1-3H3. The Bertz CT molecular complexity index is 4440. The second-order valence-corrected chi connectivity index (χ2v) is 20.3. The molecule has 2 aliphatic carbocycles. The molecule has 0 spiro atoms. The molecular formula is C68H47N5. The summed E-state index contributed by atoms with van der Waals surface area (Å²) >= 11 is 0. The first-order valence-electron chi connectivity index (χ1n) is 25.4. The van der Waals surface area contributed by atoms with E-state index in [0.29, 0.717) is 17.7 Å². The van der Waals surface area contributed by atoms with Crippen LogP contribution in [-0.2, 0) is 5.41 Å². The first kappa shape index (κ1) is 41.6. The van der Waals surface area contributed by atoms with E-state index in [2.05, 4.69) is 254 Å². The molecule has 13 aromatic rings. The lowest BCUT2D eigenvalue weighted by molar-refractivity contribution is 0.662. The van der Waals surface area contributed by atoms with Gasteiger partial charge in [0.1, 0.15) is 0 Å². The van der Waals surface area contributed by atoms with Crippen LogP contribution in [-0.4, -0.2) is 24.1 Å². The minimum atomic E-state index is -0.230. The lowest BCUT2D eigenvalue weighted by Crippen LogP contribution is -2.16. The Morgan fingerprint density at radius 2 is 0.822 bits per heavy atom. The van der Waals surface area contributed by atoms with Gasteiger partial charge in [-0.2, -0.15) is 15.0 Å². The summed E-state index contributed by atoms with van der Waals surface area (Å²) in [4.78, 5) is 17.0. The first-order valence-corrected chi connectivity index (χ1v) is 25.4. The molecule has 0 saturated carbocycles. The third-order valence-electron chi connectivity index (χ3n) is 16.0. The van der Waals surface area contributed by atoms with Gasteiger partial charge >= 0.3 is 0 Å². The van der Waals surface area contributed by atoms with E-state index < -0.39 is 0 Å². The van der Waals surface area contributed by atoms with Gasteiger partial charge < -0.3 is 0 Å². The highest BCUT2D eigenvalue weighted by molar-refractivity contribution is 6.15. The molecule has 0 aliphatic heterocycles. The number of benzene rings is 10. The molecule has 5 nitrogen and oxygen atoms in total. The predicted octanol–water partition coefficient (Wildman–Crippen LogP) is 17.2. The van der Waals surface area contributed by atoms with E-state index in [0.717, 1.165) is 71.4 Å². The van der Waals surface area contributed by atoms with Crippen LogP contribution < -0.4 is 0 Å². The Balaban J connectivity index is 1.04. The zero-order valence-corrected chi connectivity index (χ0v) is 40.7. The van der Waals surface area contributed by atoms with Crippen molar-refractivity contribution in [2.45, 2.75) is 32.1 Å². The number of fused-ring (bicyclic) bond motifs is 12. The molecule has 0 N–H and O–H groups in total. The summed E-state index contributed by atoms with van der Waals surface area (Å²) in [5.41, 5.74) is 22.3. The van der Waals surface area contributed by atoms with Gasteiger partial charge in [0.05, 0.1) is 22.1 Å². The summed E-state index contributed by atoms with van der Waals surface area (Å²) in [5, 5.41) is 4.56. The molecule has 1 unspecified atom stereocenters. The lowest BCUT2D eigenvalue weighted by Gasteiger charge is -2.25. The average Bonchev–Trinajstić information content (AvgIpc) is 4.14. The molecular weight excluding hydrogens is 887 g/mol. The lowest BCUT2D eigenvalue weighted by atomic mass is 9.78. The van der Waals surface area contributed by atoms with Crippen molar-refractivity contribution in [1.82, 2.24) is 24.1 Å². The Morgan fingerprint density at radius 1 is 0.370 bits per heavy atom. The Kier molecular flexibility index (Phi) is 8.92. The molecule has 2 aliphatic rings. The first-order chi connectivity index (χ1) is 35.9. The van der Waals surface area contributed by atoms with E-state index >= 15 is 0 Å². The average molecular weight is 934 g/mol. The number of nitrogens with zero attached hydrogens (tertiary/aromatic N) is 5. The van der Waals surface area contributed by atoms with Crippen molar-refractivity contribution < 1.29 is 0 Å². The van der Waals surface area contributed by atoms with Crippen LogP contribution in [0.25, 0.3) is 123 Å². The summed E-state index contributed by atoms with van der Waals surface area (Å²) in [7, 11) is 0. The molecule has 0 saturated heterocycles. The van der Waals surface area contributed by atoms with Crippen LogP contribution in [0.3, 0.4) is 0 Å². The molecule has 0 bridgehead atoms. The van der Waals surface area contributed by atoms with Gasteiger partial charge in [0.2, 0.25) is 11.9 Å². The second-order valence-electron chi connectivity index (χ2n) is 20.3. The van der Waals surface area contributed by atoms with Gasteiger partial charge in [-0.3, -0.25) is 9.13 Å². The van der Waals surface area contributed by atoms with Gasteiger partial charge in [0, 0.05) is 49.6 Å². The van der Waals surface area contributed by atoms with Crippen LogP contribution in [0.2, 0.25) is 0 Å². The molecule has 5 heteroatoms. The fourth-order valence-electron chi connectivity index (χ4n) is 12.9. The molecule has 3 aromatic heterocycles. The second kappa shape index (κ2) is 15.7. The van der Waals surface area contributed by atoms with Gasteiger partial charge in [-0.1, -0.05) is 227 Å².